The number of carbonyl (C=O) groups excluding carboxylic acids is 2. The van der Waals surface area contributed by atoms with Crippen molar-refractivity contribution in [3.63, 3.8) is 0 Å². The third-order valence-corrected chi connectivity index (χ3v) is 4.49. The second kappa shape index (κ2) is 10.1. The van der Waals surface area contributed by atoms with E-state index in [1.807, 2.05) is 0 Å². The van der Waals surface area contributed by atoms with Crippen LogP contribution in [0.2, 0.25) is 0 Å². The molecule has 0 saturated heterocycles. The van der Waals surface area contributed by atoms with Crippen molar-refractivity contribution >= 4 is 11.9 Å². The molecule has 150 valence electrons. The van der Waals surface area contributed by atoms with E-state index in [0.717, 1.165) is 25.7 Å². The minimum Gasteiger partial charge on any atom is -0.490 e. The molecule has 6 nitrogen and oxygen atoms in total. The van der Waals surface area contributed by atoms with E-state index in [-0.39, 0.29) is 35.6 Å². The van der Waals surface area contributed by atoms with Crippen molar-refractivity contribution in [2.24, 2.45) is 5.92 Å². The first-order chi connectivity index (χ1) is 12.9. The molecule has 1 aliphatic carbocycles. The van der Waals surface area contributed by atoms with E-state index < -0.39 is 19.2 Å². The Hall–Kier alpha value is -2.38. The summed E-state index contributed by atoms with van der Waals surface area (Å²) in [6.45, 7) is 0.566. The highest BCUT2D eigenvalue weighted by atomic mass is 19.3. The summed E-state index contributed by atoms with van der Waals surface area (Å²) < 4.78 is 39.4. The van der Waals surface area contributed by atoms with Gasteiger partial charge in [-0.2, -0.15) is 8.78 Å². The number of hydrogen-bond acceptors (Lipinski definition) is 5. The first kappa shape index (κ1) is 20.9. The zero-order valence-corrected chi connectivity index (χ0v) is 15.5. The van der Waals surface area contributed by atoms with E-state index in [1.165, 1.54) is 18.2 Å². The van der Waals surface area contributed by atoms with E-state index in [2.05, 4.69) is 17.0 Å². The molecule has 8 heteroatoms. The van der Waals surface area contributed by atoms with Crippen molar-refractivity contribution in [2.45, 2.75) is 52.2 Å². The highest BCUT2D eigenvalue weighted by molar-refractivity contribution is 5.92. The number of nitrogens with one attached hydrogen (secondary N) is 1. The molecule has 1 fully saturated rings. The van der Waals surface area contributed by atoms with Crippen molar-refractivity contribution in [3.05, 3.63) is 23.8 Å². The molecular weight excluding hydrogens is 360 g/mol. The molecule has 1 aliphatic rings. The van der Waals surface area contributed by atoms with Crippen LogP contribution in [0.3, 0.4) is 0 Å². The smallest absolute Gasteiger partial charge is 0.387 e. The van der Waals surface area contributed by atoms with Gasteiger partial charge < -0.3 is 19.5 Å². The molecule has 27 heavy (non-hydrogen) atoms. The Labute approximate surface area is 157 Å². The van der Waals surface area contributed by atoms with Gasteiger partial charge in [-0.25, -0.2) is 4.79 Å². The van der Waals surface area contributed by atoms with Crippen LogP contribution in [-0.4, -0.2) is 37.7 Å². The lowest BCUT2D eigenvalue weighted by Gasteiger charge is -2.29. The Morgan fingerprint density at radius 3 is 2.63 bits per heavy atom. The van der Waals surface area contributed by atoms with Crippen molar-refractivity contribution < 1.29 is 32.6 Å². The molecule has 2 atom stereocenters. The van der Waals surface area contributed by atoms with Gasteiger partial charge >= 0.3 is 12.6 Å². The zero-order valence-electron chi connectivity index (χ0n) is 15.5. The molecule has 1 amide bonds. The topological polar surface area (TPSA) is 73.9 Å². The normalized spacial score (nSPS) is 19.4. The summed E-state index contributed by atoms with van der Waals surface area (Å²) in [5, 5.41) is 2.89. The van der Waals surface area contributed by atoms with Gasteiger partial charge in [-0.15, -0.1) is 0 Å². The van der Waals surface area contributed by atoms with Gasteiger partial charge in [-0.1, -0.05) is 19.8 Å². The Balaban J connectivity index is 1.92. The summed E-state index contributed by atoms with van der Waals surface area (Å²) in [5.74, 6) is -0.870. The van der Waals surface area contributed by atoms with Gasteiger partial charge in [0.25, 0.3) is 5.91 Å². The summed E-state index contributed by atoms with van der Waals surface area (Å²) in [7, 11) is 0. The second-order valence-corrected chi connectivity index (χ2v) is 6.48. The van der Waals surface area contributed by atoms with Crippen molar-refractivity contribution in [1.29, 1.82) is 0 Å². The summed E-state index contributed by atoms with van der Waals surface area (Å²) in [6, 6.07) is 3.84. The van der Waals surface area contributed by atoms with Crippen molar-refractivity contribution in [3.8, 4) is 11.5 Å². The molecule has 0 radical (unpaired) electrons. The average Bonchev–Trinajstić information content (AvgIpc) is 2.63. The first-order valence-corrected chi connectivity index (χ1v) is 9.08. The molecule has 0 aromatic heterocycles. The molecule has 0 unspecified atom stereocenters. The van der Waals surface area contributed by atoms with Gasteiger partial charge in [-0.05, 0) is 43.9 Å². The number of halogens is 2. The number of esters is 1. The maximum atomic E-state index is 12.4. The van der Waals surface area contributed by atoms with Crippen molar-refractivity contribution in [2.75, 3.05) is 13.2 Å². The molecule has 0 heterocycles. The first-order valence-electron chi connectivity index (χ1n) is 9.08. The number of amides is 1. The Morgan fingerprint density at radius 2 is 1.96 bits per heavy atom. The fourth-order valence-electron chi connectivity index (χ4n) is 3.09. The van der Waals surface area contributed by atoms with Crippen LogP contribution in [0.4, 0.5) is 8.78 Å². The standard InChI is InChI=1S/C19H25F2NO5/c1-3-25-16-10-13(8-9-15(16)27-19(20)21)18(24)26-11-17(23)22-14-7-5-4-6-12(14)2/h8-10,12,14,19H,3-7,11H2,1-2H3,(H,22,23)/t12-,14-/m1/s1. The second-order valence-electron chi connectivity index (χ2n) is 6.48. The summed E-state index contributed by atoms with van der Waals surface area (Å²) in [5.41, 5.74) is 0.0823. The summed E-state index contributed by atoms with van der Waals surface area (Å²) in [4.78, 5) is 24.2. The molecule has 1 aromatic carbocycles. The van der Waals surface area contributed by atoms with E-state index in [1.54, 1.807) is 6.92 Å². The number of hydrogen-bond donors (Lipinski definition) is 1. The molecule has 1 aromatic rings. The van der Waals surface area contributed by atoms with Crippen LogP contribution in [0, 0.1) is 5.92 Å². The third-order valence-electron chi connectivity index (χ3n) is 4.49. The monoisotopic (exact) mass is 385 g/mol. The number of carbonyl (C=O) groups is 2. The fourth-order valence-corrected chi connectivity index (χ4v) is 3.09. The highest BCUT2D eigenvalue weighted by Gasteiger charge is 2.23. The van der Waals surface area contributed by atoms with E-state index >= 15 is 0 Å². The predicted octanol–water partition coefficient (Wildman–Crippen LogP) is 3.54. The number of rotatable bonds is 8. The lowest BCUT2D eigenvalue weighted by atomic mass is 9.86. The quantitative estimate of drug-likeness (QED) is 0.693. The lowest BCUT2D eigenvalue weighted by Crippen LogP contribution is -2.42. The third kappa shape index (κ3) is 6.37. The van der Waals surface area contributed by atoms with Crippen LogP contribution in [-0.2, 0) is 9.53 Å². The summed E-state index contributed by atoms with van der Waals surface area (Å²) >= 11 is 0. The van der Waals surface area contributed by atoms with Crippen LogP contribution in [0.1, 0.15) is 49.9 Å². The number of alkyl halides is 2. The Kier molecular flexibility index (Phi) is 7.82. The maximum absolute atomic E-state index is 12.4. The highest BCUT2D eigenvalue weighted by Crippen LogP contribution is 2.30. The van der Waals surface area contributed by atoms with Gasteiger partial charge in [0.2, 0.25) is 0 Å². The van der Waals surface area contributed by atoms with Crippen LogP contribution in [0.25, 0.3) is 0 Å². The molecule has 0 bridgehead atoms. The molecule has 0 spiro atoms. The summed E-state index contributed by atoms with van der Waals surface area (Å²) in [6.07, 6.45) is 4.22. The van der Waals surface area contributed by atoms with E-state index in [9.17, 15) is 18.4 Å². The molecule has 1 saturated carbocycles. The van der Waals surface area contributed by atoms with Crippen LogP contribution < -0.4 is 14.8 Å². The lowest BCUT2D eigenvalue weighted by molar-refractivity contribution is -0.125. The van der Waals surface area contributed by atoms with Crippen LogP contribution in [0.5, 0.6) is 11.5 Å². The average molecular weight is 385 g/mol. The zero-order chi connectivity index (χ0) is 19.8. The van der Waals surface area contributed by atoms with Gasteiger partial charge in [0.05, 0.1) is 12.2 Å². The minimum absolute atomic E-state index is 0.00716. The van der Waals surface area contributed by atoms with Gasteiger partial charge in [0.1, 0.15) is 0 Å². The Bertz CT molecular complexity index is 653. The Morgan fingerprint density at radius 1 is 1.22 bits per heavy atom. The van der Waals surface area contributed by atoms with E-state index in [0.29, 0.717) is 5.92 Å². The van der Waals surface area contributed by atoms with Crippen LogP contribution in [0.15, 0.2) is 18.2 Å². The SMILES string of the molecule is CCOc1cc(C(=O)OCC(=O)N[C@@H]2CCCC[C@H]2C)ccc1OC(F)F. The van der Waals surface area contributed by atoms with Crippen LogP contribution >= 0.6 is 0 Å². The minimum atomic E-state index is -3.01. The van der Waals surface area contributed by atoms with Crippen molar-refractivity contribution in [1.82, 2.24) is 5.32 Å². The number of benzene rings is 1. The predicted molar refractivity (Wildman–Crippen MR) is 94.1 cm³/mol. The van der Waals surface area contributed by atoms with Gasteiger partial charge in [-0.3, -0.25) is 4.79 Å². The fraction of sp³-hybridized carbons (Fsp3) is 0.579. The van der Waals surface area contributed by atoms with E-state index in [4.69, 9.17) is 9.47 Å². The molecule has 0 aliphatic heterocycles. The molecular formula is C19H25F2NO5. The largest absolute Gasteiger partial charge is 0.490 e. The number of ether oxygens (including phenoxy) is 3. The van der Waals surface area contributed by atoms with Gasteiger partial charge in [0.15, 0.2) is 18.1 Å². The van der Waals surface area contributed by atoms with Gasteiger partial charge in [0, 0.05) is 6.04 Å². The maximum Gasteiger partial charge on any atom is 0.387 e. The molecule has 2 rings (SSSR count). The molecule has 1 N–H and O–H groups in total.